The summed E-state index contributed by atoms with van der Waals surface area (Å²) in [7, 11) is 0. The molecule has 3 nitrogen and oxygen atoms in total. The molecule has 0 spiro atoms. The van der Waals surface area contributed by atoms with Gasteiger partial charge in [0.25, 0.3) is 0 Å². The second-order valence-electron chi connectivity index (χ2n) is 3.72. The van der Waals surface area contributed by atoms with Gasteiger partial charge in [0.15, 0.2) is 0 Å². The zero-order valence-electron chi connectivity index (χ0n) is 9.36. The maximum absolute atomic E-state index is 11.8. The molecule has 0 saturated heterocycles. The van der Waals surface area contributed by atoms with Gasteiger partial charge in [-0.25, -0.2) is 4.98 Å². The molecular weight excluding hydrogens is 360 g/mol. The topological polar surface area (TPSA) is 42.0 Å². The van der Waals surface area contributed by atoms with Crippen LogP contribution in [0.15, 0.2) is 51.5 Å². The van der Waals surface area contributed by atoms with Crippen molar-refractivity contribution in [1.82, 2.24) is 4.98 Å². The molecule has 0 aliphatic carbocycles. The molecule has 0 atom stereocenters. The standard InChI is InChI=1S/C13H10Br2N2O/c14-10-3-1-2-9(6-10)7-13(18)17-12-5-4-11(15)8-16-12/h1-6,8H,7H2,(H,16,17,18). The number of benzene rings is 1. The first kappa shape index (κ1) is 13.2. The Labute approximate surface area is 122 Å². The number of carbonyl (C=O) groups is 1. The van der Waals surface area contributed by atoms with Gasteiger partial charge < -0.3 is 5.32 Å². The van der Waals surface area contributed by atoms with Gasteiger partial charge in [0, 0.05) is 15.1 Å². The van der Waals surface area contributed by atoms with E-state index in [0.29, 0.717) is 12.2 Å². The van der Waals surface area contributed by atoms with Crippen LogP contribution in [0.25, 0.3) is 0 Å². The fourth-order valence-electron chi connectivity index (χ4n) is 1.47. The summed E-state index contributed by atoms with van der Waals surface area (Å²) in [5.74, 6) is 0.473. The number of amides is 1. The number of nitrogens with zero attached hydrogens (tertiary/aromatic N) is 1. The van der Waals surface area contributed by atoms with Gasteiger partial charge in [0.1, 0.15) is 5.82 Å². The highest BCUT2D eigenvalue weighted by atomic mass is 79.9. The van der Waals surface area contributed by atoms with E-state index in [9.17, 15) is 4.79 Å². The summed E-state index contributed by atoms with van der Waals surface area (Å²) in [6.07, 6.45) is 1.98. The van der Waals surface area contributed by atoms with Crippen molar-refractivity contribution in [3.63, 3.8) is 0 Å². The number of hydrogen-bond donors (Lipinski definition) is 1. The van der Waals surface area contributed by atoms with E-state index in [2.05, 4.69) is 42.2 Å². The Morgan fingerprint density at radius 1 is 1.17 bits per heavy atom. The summed E-state index contributed by atoms with van der Waals surface area (Å²) in [6.45, 7) is 0. The van der Waals surface area contributed by atoms with Crippen molar-refractivity contribution < 1.29 is 4.79 Å². The predicted molar refractivity (Wildman–Crippen MR) is 78.4 cm³/mol. The van der Waals surface area contributed by atoms with Crippen LogP contribution in [-0.2, 0) is 11.2 Å². The van der Waals surface area contributed by atoms with Gasteiger partial charge in [0.05, 0.1) is 6.42 Å². The van der Waals surface area contributed by atoms with E-state index in [1.807, 2.05) is 30.3 Å². The highest BCUT2D eigenvalue weighted by molar-refractivity contribution is 9.10. The van der Waals surface area contributed by atoms with Crippen LogP contribution in [0.3, 0.4) is 0 Å². The van der Waals surface area contributed by atoms with E-state index in [1.165, 1.54) is 0 Å². The van der Waals surface area contributed by atoms with Crippen molar-refractivity contribution in [2.24, 2.45) is 0 Å². The van der Waals surface area contributed by atoms with Crippen LogP contribution >= 0.6 is 31.9 Å². The third kappa shape index (κ3) is 3.92. The van der Waals surface area contributed by atoms with Crippen molar-refractivity contribution in [2.75, 3.05) is 5.32 Å². The molecule has 2 aromatic rings. The second kappa shape index (κ2) is 6.11. The van der Waals surface area contributed by atoms with Crippen LogP contribution in [0.4, 0.5) is 5.82 Å². The third-order valence-electron chi connectivity index (χ3n) is 2.25. The number of anilines is 1. The molecule has 5 heteroatoms. The second-order valence-corrected chi connectivity index (χ2v) is 5.55. The van der Waals surface area contributed by atoms with Gasteiger partial charge in [-0.2, -0.15) is 0 Å². The Kier molecular flexibility index (Phi) is 4.49. The normalized spacial score (nSPS) is 10.1. The Morgan fingerprint density at radius 3 is 2.67 bits per heavy atom. The van der Waals surface area contributed by atoms with Gasteiger partial charge in [-0.05, 0) is 45.8 Å². The fraction of sp³-hybridized carbons (Fsp3) is 0.0769. The van der Waals surface area contributed by atoms with Gasteiger partial charge in [-0.1, -0.05) is 28.1 Å². The van der Waals surface area contributed by atoms with E-state index in [4.69, 9.17) is 0 Å². The largest absolute Gasteiger partial charge is 0.310 e. The quantitative estimate of drug-likeness (QED) is 0.894. The van der Waals surface area contributed by atoms with Crippen LogP contribution in [0, 0.1) is 0 Å². The molecule has 0 aliphatic rings. The van der Waals surface area contributed by atoms with E-state index in [-0.39, 0.29) is 5.91 Å². The van der Waals surface area contributed by atoms with E-state index in [0.717, 1.165) is 14.5 Å². The number of pyridine rings is 1. The molecule has 1 heterocycles. The zero-order chi connectivity index (χ0) is 13.0. The number of hydrogen-bond acceptors (Lipinski definition) is 2. The number of rotatable bonds is 3. The first-order valence-corrected chi connectivity index (χ1v) is 6.88. The molecule has 2 rings (SSSR count). The molecule has 92 valence electrons. The number of nitrogens with one attached hydrogen (secondary N) is 1. The minimum Gasteiger partial charge on any atom is -0.310 e. The lowest BCUT2D eigenvalue weighted by molar-refractivity contribution is -0.115. The first-order chi connectivity index (χ1) is 8.63. The van der Waals surface area contributed by atoms with Crippen molar-refractivity contribution in [1.29, 1.82) is 0 Å². The molecule has 0 unspecified atom stereocenters. The van der Waals surface area contributed by atoms with E-state index < -0.39 is 0 Å². The van der Waals surface area contributed by atoms with Crippen LogP contribution in [-0.4, -0.2) is 10.9 Å². The fourth-order valence-corrected chi connectivity index (χ4v) is 2.15. The summed E-state index contributed by atoms with van der Waals surface area (Å²) < 4.78 is 1.85. The molecule has 1 N–H and O–H groups in total. The minimum atomic E-state index is -0.0806. The van der Waals surface area contributed by atoms with Crippen molar-refractivity contribution in [3.8, 4) is 0 Å². The van der Waals surface area contributed by atoms with Crippen molar-refractivity contribution in [2.45, 2.75) is 6.42 Å². The Balaban J connectivity index is 1.98. The Bertz CT molecular complexity index is 555. The van der Waals surface area contributed by atoms with Crippen molar-refractivity contribution in [3.05, 3.63) is 57.1 Å². The monoisotopic (exact) mass is 368 g/mol. The summed E-state index contributed by atoms with van der Waals surface area (Å²) in [5.41, 5.74) is 0.957. The highest BCUT2D eigenvalue weighted by Crippen LogP contribution is 2.13. The molecule has 1 aromatic heterocycles. The number of aromatic nitrogens is 1. The summed E-state index contributed by atoms with van der Waals surface area (Å²) in [6, 6.07) is 11.3. The predicted octanol–water partition coefficient (Wildman–Crippen LogP) is 3.79. The lowest BCUT2D eigenvalue weighted by atomic mass is 10.1. The maximum atomic E-state index is 11.8. The molecule has 0 radical (unpaired) electrons. The molecule has 18 heavy (non-hydrogen) atoms. The van der Waals surface area contributed by atoms with Crippen LogP contribution in [0.2, 0.25) is 0 Å². The maximum Gasteiger partial charge on any atom is 0.229 e. The summed E-state index contributed by atoms with van der Waals surface area (Å²) in [4.78, 5) is 15.9. The Morgan fingerprint density at radius 2 is 2.00 bits per heavy atom. The lowest BCUT2D eigenvalue weighted by Gasteiger charge is -2.04. The summed E-state index contributed by atoms with van der Waals surface area (Å²) >= 11 is 6.67. The minimum absolute atomic E-state index is 0.0806. The van der Waals surface area contributed by atoms with Crippen LogP contribution < -0.4 is 5.32 Å². The zero-order valence-corrected chi connectivity index (χ0v) is 12.5. The molecular formula is C13H10Br2N2O. The average Bonchev–Trinajstić information content (AvgIpc) is 2.32. The summed E-state index contributed by atoms with van der Waals surface area (Å²) in [5, 5.41) is 2.75. The van der Waals surface area contributed by atoms with Gasteiger partial charge in [-0.15, -0.1) is 0 Å². The molecule has 1 amide bonds. The third-order valence-corrected chi connectivity index (χ3v) is 3.21. The van der Waals surface area contributed by atoms with Crippen LogP contribution in [0.5, 0.6) is 0 Å². The SMILES string of the molecule is O=C(Cc1cccc(Br)c1)Nc1ccc(Br)cn1. The molecule has 0 bridgehead atoms. The van der Waals surface area contributed by atoms with E-state index in [1.54, 1.807) is 12.3 Å². The van der Waals surface area contributed by atoms with Crippen LogP contribution in [0.1, 0.15) is 5.56 Å². The molecule has 0 saturated carbocycles. The Hall–Kier alpha value is -1.20. The first-order valence-electron chi connectivity index (χ1n) is 5.29. The highest BCUT2D eigenvalue weighted by Gasteiger charge is 2.05. The smallest absolute Gasteiger partial charge is 0.229 e. The molecule has 1 aromatic carbocycles. The van der Waals surface area contributed by atoms with Gasteiger partial charge >= 0.3 is 0 Å². The molecule has 0 fully saturated rings. The van der Waals surface area contributed by atoms with Gasteiger partial charge in [-0.3, -0.25) is 4.79 Å². The van der Waals surface area contributed by atoms with Crippen molar-refractivity contribution >= 4 is 43.6 Å². The van der Waals surface area contributed by atoms with E-state index >= 15 is 0 Å². The number of halogens is 2. The average molecular weight is 370 g/mol. The van der Waals surface area contributed by atoms with Gasteiger partial charge in [0.2, 0.25) is 5.91 Å². The number of carbonyl (C=O) groups excluding carboxylic acids is 1. The lowest BCUT2D eigenvalue weighted by Crippen LogP contribution is -2.15. The molecule has 0 aliphatic heterocycles.